The van der Waals surface area contributed by atoms with Crippen molar-refractivity contribution >= 4 is 103 Å². The van der Waals surface area contributed by atoms with E-state index in [2.05, 4.69) is 144 Å². The molecule has 0 saturated heterocycles. The molecule has 0 unspecified atom stereocenters. The largest absolute Gasteiger partial charge is 0.456 e. The lowest BCUT2D eigenvalue weighted by Gasteiger charge is -2.26. The Bertz CT molecular complexity index is 2770. The lowest BCUT2D eigenvalue weighted by atomic mass is 9.93. The standard InChI is InChI=1S/C42H25NOS/c1-2-11-27(12-3-1)43(35-17-10-19-37-41(35)32-15-6-8-18-36(32)44-37)28-22-24-29-26(25-28)21-23-34-39(29)30-13-4-5-14-31(30)42-40(34)33-16-7-9-20-38(33)45-42/h1-25H. The molecule has 0 spiro atoms. The summed E-state index contributed by atoms with van der Waals surface area (Å²) in [5.74, 6) is 0. The fraction of sp³-hybridized carbons (Fsp3) is 0. The smallest absolute Gasteiger partial charge is 0.137 e. The van der Waals surface area contributed by atoms with Gasteiger partial charge in [-0.25, -0.2) is 0 Å². The molecule has 10 aromatic rings. The summed E-state index contributed by atoms with van der Waals surface area (Å²) >= 11 is 1.90. The SMILES string of the molecule is c1ccc(N(c2ccc3c(ccc4c3c3ccccc3c3sc5ccccc5c43)c2)c2cccc3oc4ccccc4c23)cc1. The Morgan fingerprint density at radius 3 is 2.02 bits per heavy atom. The second-order valence-corrected chi connectivity index (χ2v) is 12.7. The summed E-state index contributed by atoms with van der Waals surface area (Å²) in [6.07, 6.45) is 0. The van der Waals surface area contributed by atoms with Crippen LogP contribution in [0.2, 0.25) is 0 Å². The van der Waals surface area contributed by atoms with Crippen LogP contribution in [0.3, 0.4) is 0 Å². The van der Waals surface area contributed by atoms with Gasteiger partial charge in [-0.15, -0.1) is 11.3 Å². The minimum atomic E-state index is 0.889. The van der Waals surface area contributed by atoms with Crippen LogP contribution in [0.1, 0.15) is 0 Å². The van der Waals surface area contributed by atoms with E-state index in [0.717, 1.165) is 39.0 Å². The molecule has 0 fully saturated rings. The number of para-hydroxylation sites is 2. The number of benzene rings is 8. The van der Waals surface area contributed by atoms with Gasteiger partial charge in [0.15, 0.2) is 0 Å². The molecule has 210 valence electrons. The van der Waals surface area contributed by atoms with Gasteiger partial charge in [0, 0.05) is 42.3 Å². The molecule has 8 aromatic carbocycles. The number of thiophene rings is 1. The first kappa shape index (κ1) is 24.8. The zero-order valence-corrected chi connectivity index (χ0v) is 25.0. The molecule has 0 atom stereocenters. The Balaban J connectivity index is 1.28. The van der Waals surface area contributed by atoms with Crippen molar-refractivity contribution in [2.24, 2.45) is 0 Å². The summed E-state index contributed by atoms with van der Waals surface area (Å²) in [6.45, 7) is 0. The Morgan fingerprint density at radius 1 is 0.422 bits per heavy atom. The molecule has 0 bridgehead atoms. The third-order valence-electron chi connectivity index (χ3n) is 9.20. The molecular formula is C42H25NOS. The summed E-state index contributed by atoms with van der Waals surface area (Å²) in [4.78, 5) is 2.36. The number of hydrogen-bond acceptors (Lipinski definition) is 3. The van der Waals surface area contributed by atoms with Crippen molar-refractivity contribution in [2.75, 3.05) is 4.90 Å². The summed E-state index contributed by atoms with van der Waals surface area (Å²) in [5, 5.41) is 12.7. The van der Waals surface area contributed by atoms with Gasteiger partial charge in [0.2, 0.25) is 0 Å². The minimum Gasteiger partial charge on any atom is -0.456 e. The van der Waals surface area contributed by atoms with Crippen molar-refractivity contribution in [2.45, 2.75) is 0 Å². The van der Waals surface area contributed by atoms with Crippen molar-refractivity contribution in [1.82, 2.24) is 0 Å². The fourth-order valence-corrected chi connectivity index (χ4v) is 8.56. The lowest BCUT2D eigenvalue weighted by molar-refractivity contribution is 0.669. The average Bonchev–Trinajstić information content (AvgIpc) is 3.68. The first-order chi connectivity index (χ1) is 22.3. The van der Waals surface area contributed by atoms with Gasteiger partial charge < -0.3 is 9.32 Å². The number of anilines is 3. The average molecular weight is 592 g/mol. The van der Waals surface area contributed by atoms with Gasteiger partial charge in [-0.05, 0) is 75.5 Å². The Labute approximate surface area is 263 Å². The monoisotopic (exact) mass is 591 g/mol. The van der Waals surface area contributed by atoms with Crippen LogP contribution in [-0.4, -0.2) is 0 Å². The van der Waals surface area contributed by atoms with Crippen LogP contribution in [0.4, 0.5) is 17.1 Å². The molecule has 3 heteroatoms. The van der Waals surface area contributed by atoms with E-state index in [1.165, 1.54) is 52.5 Å². The van der Waals surface area contributed by atoms with Gasteiger partial charge in [-0.2, -0.15) is 0 Å². The molecule has 0 saturated carbocycles. The van der Waals surface area contributed by atoms with Gasteiger partial charge in [-0.3, -0.25) is 0 Å². The zero-order chi connectivity index (χ0) is 29.5. The Morgan fingerprint density at radius 2 is 1.13 bits per heavy atom. The Hall–Kier alpha value is -5.64. The number of rotatable bonds is 3. The minimum absolute atomic E-state index is 0.889. The van der Waals surface area contributed by atoms with Gasteiger partial charge >= 0.3 is 0 Å². The van der Waals surface area contributed by atoms with Gasteiger partial charge in [-0.1, -0.05) is 103 Å². The number of furan rings is 1. The maximum Gasteiger partial charge on any atom is 0.137 e. The molecule has 0 aliphatic heterocycles. The highest BCUT2D eigenvalue weighted by Gasteiger charge is 2.20. The van der Waals surface area contributed by atoms with Crippen LogP contribution >= 0.6 is 11.3 Å². The molecule has 0 N–H and O–H groups in total. The summed E-state index contributed by atoms with van der Waals surface area (Å²) in [6, 6.07) is 54.6. The van der Waals surface area contributed by atoms with E-state index in [0.29, 0.717) is 0 Å². The van der Waals surface area contributed by atoms with E-state index in [1.54, 1.807) is 0 Å². The van der Waals surface area contributed by atoms with Gasteiger partial charge in [0.25, 0.3) is 0 Å². The molecule has 2 heterocycles. The third-order valence-corrected chi connectivity index (χ3v) is 10.4. The van der Waals surface area contributed by atoms with Crippen LogP contribution < -0.4 is 4.90 Å². The Kier molecular flexibility index (Phi) is 5.19. The first-order valence-electron chi connectivity index (χ1n) is 15.3. The van der Waals surface area contributed by atoms with Crippen molar-refractivity contribution in [3.05, 3.63) is 152 Å². The van der Waals surface area contributed by atoms with Crippen LogP contribution in [0.5, 0.6) is 0 Å². The maximum absolute atomic E-state index is 6.31. The van der Waals surface area contributed by atoms with E-state index in [-0.39, 0.29) is 0 Å². The maximum atomic E-state index is 6.31. The van der Waals surface area contributed by atoms with E-state index in [4.69, 9.17) is 4.42 Å². The van der Waals surface area contributed by atoms with Gasteiger partial charge in [0.1, 0.15) is 11.2 Å². The van der Waals surface area contributed by atoms with Gasteiger partial charge in [0.05, 0.1) is 11.1 Å². The second-order valence-electron chi connectivity index (χ2n) is 11.7. The summed E-state index contributed by atoms with van der Waals surface area (Å²) in [5.41, 5.74) is 5.10. The van der Waals surface area contributed by atoms with E-state index in [9.17, 15) is 0 Å². The molecule has 45 heavy (non-hydrogen) atoms. The fourth-order valence-electron chi connectivity index (χ4n) is 7.30. The van der Waals surface area contributed by atoms with E-state index in [1.807, 2.05) is 23.5 Å². The molecule has 2 aromatic heterocycles. The highest BCUT2D eigenvalue weighted by molar-refractivity contribution is 7.27. The van der Waals surface area contributed by atoms with Crippen LogP contribution in [-0.2, 0) is 0 Å². The van der Waals surface area contributed by atoms with Crippen LogP contribution in [0.15, 0.2) is 156 Å². The van der Waals surface area contributed by atoms with Crippen molar-refractivity contribution < 1.29 is 4.42 Å². The van der Waals surface area contributed by atoms with Crippen molar-refractivity contribution in [3.63, 3.8) is 0 Å². The molecule has 2 nitrogen and oxygen atoms in total. The van der Waals surface area contributed by atoms with E-state index >= 15 is 0 Å². The topological polar surface area (TPSA) is 16.4 Å². The van der Waals surface area contributed by atoms with Crippen molar-refractivity contribution in [3.8, 4) is 0 Å². The van der Waals surface area contributed by atoms with Crippen LogP contribution in [0, 0.1) is 0 Å². The van der Waals surface area contributed by atoms with E-state index < -0.39 is 0 Å². The molecule has 0 aliphatic rings. The van der Waals surface area contributed by atoms with Crippen LogP contribution in [0.25, 0.3) is 74.4 Å². The summed E-state index contributed by atoms with van der Waals surface area (Å²) < 4.78 is 9.01. The molecular weight excluding hydrogens is 567 g/mol. The third kappa shape index (κ3) is 3.56. The number of fused-ring (bicyclic) bond motifs is 13. The molecule has 0 radical (unpaired) electrons. The first-order valence-corrected chi connectivity index (χ1v) is 16.1. The molecule has 10 rings (SSSR count). The molecule has 0 aliphatic carbocycles. The predicted molar refractivity (Wildman–Crippen MR) is 194 cm³/mol. The zero-order valence-electron chi connectivity index (χ0n) is 24.2. The predicted octanol–water partition coefficient (Wildman–Crippen LogP) is 12.9. The normalized spacial score (nSPS) is 12.0. The highest BCUT2D eigenvalue weighted by atomic mass is 32.1. The number of hydrogen-bond donors (Lipinski definition) is 0. The highest BCUT2D eigenvalue weighted by Crippen LogP contribution is 2.47. The second kappa shape index (κ2) is 9.43. The lowest BCUT2D eigenvalue weighted by Crippen LogP contribution is -2.10. The van der Waals surface area contributed by atoms with Crippen molar-refractivity contribution in [1.29, 1.82) is 0 Å². The molecule has 0 amide bonds. The quantitative estimate of drug-likeness (QED) is 0.190. The summed E-state index contributed by atoms with van der Waals surface area (Å²) in [7, 11) is 0. The number of nitrogens with zero attached hydrogens (tertiary/aromatic N) is 1.